The molecule has 1 aliphatic heterocycles. The second-order valence-electron chi connectivity index (χ2n) is 7.17. The monoisotopic (exact) mass is 389 g/mol. The molecular formula is C19H23N3O4S. The average molecular weight is 389 g/mol. The summed E-state index contributed by atoms with van der Waals surface area (Å²) < 4.78 is 32.5. The molecule has 0 atom stereocenters. The number of hydrogen-bond acceptors (Lipinski definition) is 5. The van der Waals surface area contributed by atoms with Crippen molar-refractivity contribution in [2.75, 3.05) is 26.2 Å². The van der Waals surface area contributed by atoms with Gasteiger partial charge in [-0.2, -0.15) is 4.31 Å². The van der Waals surface area contributed by atoms with E-state index in [-0.39, 0.29) is 24.8 Å². The second-order valence-corrected chi connectivity index (χ2v) is 9.10. The van der Waals surface area contributed by atoms with Gasteiger partial charge in [-0.1, -0.05) is 11.2 Å². The van der Waals surface area contributed by atoms with Crippen molar-refractivity contribution >= 4 is 15.9 Å². The number of carbonyl (C=O) groups excluding carboxylic acids is 1. The highest BCUT2D eigenvalue weighted by molar-refractivity contribution is 7.89. The second kappa shape index (κ2) is 7.09. The average Bonchev–Trinajstić information content (AvgIpc) is 3.13. The molecule has 1 amide bonds. The van der Waals surface area contributed by atoms with Crippen LogP contribution < -0.4 is 0 Å². The lowest BCUT2D eigenvalue weighted by Gasteiger charge is -2.33. The minimum absolute atomic E-state index is 0.193. The SMILES string of the molecule is Cc1cc(C(=O)N2CCN(S(=O)(=O)c3ccc4c(c3)CCCC4)CC2)on1. The first kappa shape index (κ1) is 18.2. The lowest BCUT2D eigenvalue weighted by atomic mass is 9.92. The van der Waals surface area contributed by atoms with E-state index in [0.717, 1.165) is 24.8 Å². The van der Waals surface area contributed by atoms with Crippen LogP contribution in [0.5, 0.6) is 0 Å². The third-order valence-corrected chi connectivity index (χ3v) is 7.22. The molecule has 0 bridgehead atoms. The number of carbonyl (C=O) groups is 1. The molecule has 2 aliphatic rings. The van der Waals surface area contributed by atoms with Crippen LogP contribution in [0.15, 0.2) is 33.7 Å². The molecule has 0 spiro atoms. The number of benzene rings is 1. The van der Waals surface area contributed by atoms with Gasteiger partial charge in [0.15, 0.2) is 0 Å². The normalized spacial score (nSPS) is 18.3. The minimum Gasteiger partial charge on any atom is -0.351 e. The molecule has 7 nitrogen and oxygen atoms in total. The Morgan fingerprint density at radius 3 is 2.41 bits per heavy atom. The Kier molecular flexibility index (Phi) is 4.77. The van der Waals surface area contributed by atoms with Crippen LogP contribution >= 0.6 is 0 Å². The molecule has 0 radical (unpaired) electrons. The molecule has 0 N–H and O–H groups in total. The van der Waals surface area contributed by atoms with Gasteiger partial charge in [0, 0.05) is 32.2 Å². The number of piperazine rings is 1. The van der Waals surface area contributed by atoms with Crippen molar-refractivity contribution in [1.82, 2.24) is 14.4 Å². The van der Waals surface area contributed by atoms with Crippen molar-refractivity contribution in [1.29, 1.82) is 0 Å². The number of aryl methyl sites for hydroxylation is 3. The van der Waals surface area contributed by atoms with Crippen LogP contribution in [0, 0.1) is 6.92 Å². The smallest absolute Gasteiger partial charge is 0.292 e. The maximum atomic E-state index is 13.0. The fourth-order valence-corrected chi connectivity index (χ4v) is 5.24. The highest BCUT2D eigenvalue weighted by Crippen LogP contribution is 2.26. The highest BCUT2D eigenvalue weighted by atomic mass is 32.2. The molecule has 144 valence electrons. The van der Waals surface area contributed by atoms with Crippen LogP contribution in [0.4, 0.5) is 0 Å². The molecule has 1 saturated heterocycles. The molecule has 1 aromatic heterocycles. The largest absolute Gasteiger partial charge is 0.351 e. The predicted molar refractivity (Wildman–Crippen MR) is 99.0 cm³/mol. The summed E-state index contributed by atoms with van der Waals surface area (Å²) in [7, 11) is -3.55. The Bertz CT molecular complexity index is 959. The van der Waals surface area contributed by atoms with Gasteiger partial charge >= 0.3 is 0 Å². The van der Waals surface area contributed by atoms with E-state index in [9.17, 15) is 13.2 Å². The van der Waals surface area contributed by atoms with Crippen molar-refractivity contribution in [3.05, 3.63) is 46.8 Å². The zero-order valence-electron chi connectivity index (χ0n) is 15.3. The number of sulfonamides is 1. The Hall–Kier alpha value is -2.19. The van der Waals surface area contributed by atoms with E-state index in [1.165, 1.54) is 16.3 Å². The number of rotatable bonds is 3. The molecule has 1 aliphatic carbocycles. The van der Waals surface area contributed by atoms with Crippen LogP contribution in [-0.4, -0.2) is 54.9 Å². The molecule has 27 heavy (non-hydrogen) atoms. The minimum atomic E-state index is -3.55. The van der Waals surface area contributed by atoms with E-state index < -0.39 is 10.0 Å². The van der Waals surface area contributed by atoms with Gasteiger partial charge in [-0.15, -0.1) is 0 Å². The summed E-state index contributed by atoms with van der Waals surface area (Å²) >= 11 is 0. The number of aromatic nitrogens is 1. The highest BCUT2D eigenvalue weighted by Gasteiger charge is 2.32. The summed E-state index contributed by atoms with van der Waals surface area (Å²) in [5.41, 5.74) is 3.06. The number of amides is 1. The van der Waals surface area contributed by atoms with Crippen LogP contribution in [-0.2, 0) is 22.9 Å². The van der Waals surface area contributed by atoms with Gasteiger partial charge in [-0.3, -0.25) is 4.79 Å². The van der Waals surface area contributed by atoms with Crippen molar-refractivity contribution in [3.63, 3.8) is 0 Å². The van der Waals surface area contributed by atoms with Crippen molar-refractivity contribution < 1.29 is 17.7 Å². The molecule has 2 aromatic rings. The van der Waals surface area contributed by atoms with E-state index in [2.05, 4.69) is 5.16 Å². The number of fused-ring (bicyclic) bond motifs is 1. The van der Waals surface area contributed by atoms with E-state index in [4.69, 9.17) is 4.52 Å². The molecule has 0 saturated carbocycles. The van der Waals surface area contributed by atoms with Crippen LogP contribution in [0.3, 0.4) is 0 Å². The van der Waals surface area contributed by atoms with E-state index >= 15 is 0 Å². The zero-order valence-corrected chi connectivity index (χ0v) is 16.2. The number of nitrogens with zero attached hydrogens (tertiary/aromatic N) is 3. The third kappa shape index (κ3) is 3.51. The third-order valence-electron chi connectivity index (χ3n) is 5.32. The summed E-state index contributed by atoms with van der Waals surface area (Å²) in [5, 5.41) is 3.73. The molecule has 8 heteroatoms. The van der Waals surface area contributed by atoms with Gasteiger partial charge in [0.25, 0.3) is 5.91 Å². The maximum Gasteiger partial charge on any atom is 0.292 e. The lowest BCUT2D eigenvalue weighted by Crippen LogP contribution is -2.50. The fraction of sp³-hybridized carbons (Fsp3) is 0.474. The van der Waals surface area contributed by atoms with Gasteiger partial charge in [-0.25, -0.2) is 8.42 Å². The van der Waals surface area contributed by atoms with Gasteiger partial charge in [0.05, 0.1) is 10.6 Å². The van der Waals surface area contributed by atoms with E-state index in [0.29, 0.717) is 23.7 Å². The quantitative estimate of drug-likeness (QED) is 0.802. The first-order valence-corrected chi connectivity index (χ1v) is 10.7. The predicted octanol–water partition coefficient (Wildman–Crippen LogP) is 2.01. The molecular weight excluding hydrogens is 366 g/mol. The maximum absolute atomic E-state index is 13.0. The molecule has 0 unspecified atom stereocenters. The lowest BCUT2D eigenvalue weighted by molar-refractivity contribution is 0.0656. The Labute approximate surface area is 159 Å². The first-order chi connectivity index (χ1) is 12.9. The van der Waals surface area contributed by atoms with Crippen molar-refractivity contribution in [2.24, 2.45) is 0 Å². The van der Waals surface area contributed by atoms with Gasteiger partial charge < -0.3 is 9.42 Å². The summed E-state index contributed by atoms with van der Waals surface area (Å²) in [6.07, 6.45) is 4.24. The van der Waals surface area contributed by atoms with Crippen LogP contribution in [0.2, 0.25) is 0 Å². The summed E-state index contributed by atoms with van der Waals surface area (Å²) in [6.45, 7) is 2.98. The summed E-state index contributed by atoms with van der Waals surface area (Å²) in [5.74, 6) is -0.0556. The molecule has 2 heterocycles. The van der Waals surface area contributed by atoms with E-state index in [1.54, 1.807) is 24.0 Å². The number of hydrogen-bond donors (Lipinski definition) is 0. The van der Waals surface area contributed by atoms with Crippen LogP contribution in [0.1, 0.15) is 40.2 Å². The van der Waals surface area contributed by atoms with Crippen molar-refractivity contribution in [3.8, 4) is 0 Å². The Balaban J connectivity index is 1.46. The van der Waals surface area contributed by atoms with Gasteiger partial charge in [-0.05, 0) is 55.9 Å². The standard InChI is InChI=1S/C19H23N3O4S/c1-14-12-18(26-20-14)19(23)21-8-10-22(11-9-21)27(24,25)17-7-6-15-4-2-3-5-16(15)13-17/h6-7,12-13H,2-5,8-11H2,1H3. The summed E-state index contributed by atoms with van der Waals surface area (Å²) in [6, 6.07) is 7.10. The van der Waals surface area contributed by atoms with Crippen molar-refractivity contribution in [2.45, 2.75) is 37.5 Å². The summed E-state index contributed by atoms with van der Waals surface area (Å²) in [4.78, 5) is 14.4. The van der Waals surface area contributed by atoms with E-state index in [1.807, 2.05) is 12.1 Å². The Morgan fingerprint density at radius 1 is 1.04 bits per heavy atom. The fourth-order valence-electron chi connectivity index (χ4n) is 3.77. The Morgan fingerprint density at radius 2 is 1.74 bits per heavy atom. The van der Waals surface area contributed by atoms with Gasteiger partial charge in [0.1, 0.15) is 0 Å². The topological polar surface area (TPSA) is 83.7 Å². The zero-order chi connectivity index (χ0) is 19.0. The van der Waals surface area contributed by atoms with Crippen LogP contribution in [0.25, 0.3) is 0 Å². The molecule has 4 rings (SSSR count). The molecule has 1 aromatic carbocycles. The van der Waals surface area contributed by atoms with Gasteiger partial charge in [0.2, 0.25) is 15.8 Å². The first-order valence-electron chi connectivity index (χ1n) is 9.30. The molecule has 1 fully saturated rings.